The van der Waals surface area contributed by atoms with E-state index in [1.807, 2.05) is 6.92 Å². The molecule has 0 atom stereocenters. The zero-order chi connectivity index (χ0) is 12.5. The van der Waals surface area contributed by atoms with Gasteiger partial charge in [0.1, 0.15) is 5.01 Å². The highest BCUT2D eigenvalue weighted by molar-refractivity contribution is 7.14. The Balaban J connectivity index is 2.29. The van der Waals surface area contributed by atoms with Gasteiger partial charge in [-0.25, -0.2) is 4.98 Å². The van der Waals surface area contributed by atoms with Crippen molar-refractivity contribution in [1.82, 2.24) is 9.97 Å². The van der Waals surface area contributed by atoms with E-state index in [4.69, 9.17) is 0 Å². The van der Waals surface area contributed by atoms with Crippen LogP contribution in [0.1, 0.15) is 17.4 Å². The second-order valence-electron chi connectivity index (χ2n) is 3.42. The number of pyridine rings is 1. The first-order valence-electron chi connectivity index (χ1n) is 4.99. The standard InChI is InChI=1S/C11H9F3N2S/c1-2-8-6-16-10(17-8)9-4-3-7(5-15-9)11(12,13)14/h3-6H,2H2,1H3. The molecule has 6 heteroatoms. The van der Waals surface area contributed by atoms with Gasteiger partial charge in [0.2, 0.25) is 0 Å². The van der Waals surface area contributed by atoms with E-state index in [2.05, 4.69) is 9.97 Å². The van der Waals surface area contributed by atoms with Crippen LogP contribution in [0, 0.1) is 0 Å². The summed E-state index contributed by atoms with van der Waals surface area (Å²) >= 11 is 1.44. The summed E-state index contributed by atoms with van der Waals surface area (Å²) < 4.78 is 37.0. The van der Waals surface area contributed by atoms with Gasteiger partial charge in [-0.3, -0.25) is 4.98 Å². The minimum atomic E-state index is -4.34. The van der Waals surface area contributed by atoms with E-state index in [9.17, 15) is 13.2 Å². The lowest BCUT2D eigenvalue weighted by atomic mass is 10.2. The number of alkyl halides is 3. The first-order valence-corrected chi connectivity index (χ1v) is 5.80. The highest BCUT2D eigenvalue weighted by Gasteiger charge is 2.30. The van der Waals surface area contributed by atoms with Crippen LogP contribution in [-0.4, -0.2) is 9.97 Å². The summed E-state index contributed by atoms with van der Waals surface area (Å²) in [5.41, 5.74) is -0.267. The Labute approximate surface area is 100 Å². The monoisotopic (exact) mass is 258 g/mol. The molecular formula is C11H9F3N2S. The molecule has 0 aliphatic rings. The van der Waals surface area contributed by atoms with E-state index in [1.54, 1.807) is 6.20 Å². The van der Waals surface area contributed by atoms with Crippen molar-refractivity contribution >= 4 is 11.3 Å². The zero-order valence-electron chi connectivity index (χ0n) is 8.95. The summed E-state index contributed by atoms with van der Waals surface area (Å²) in [6.45, 7) is 2.00. The molecule has 0 aliphatic carbocycles. The predicted octanol–water partition coefficient (Wildman–Crippen LogP) is 3.79. The van der Waals surface area contributed by atoms with Gasteiger partial charge in [-0.2, -0.15) is 13.2 Å². The summed E-state index contributed by atoms with van der Waals surface area (Å²) in [5, 5.41) is 0.649. The summed E-state index contributed by atoms with van der Waals surface area (Å²) in [6, 6.07) is 2.37. The quantitative estimate of drug-likeness (QED) is 0.819. The van der Waals surface area contributed by atoms with Gasteiger partial charge in [-0.15, -0.1) is 11.3 Å². The molecule has 17 heavy (non-hydrogen) atoms. The average molecular weight is 258 g/mol. The van der Waals surface area contributed by atoms with Crippen LogP contribution in [0.4, 0.5) is 13.2 Å². The first kappa shape index (κ1) is 12.0. The van der Waals surface area contributed by atoms with Crippen LogP contribution in [0.25, 0.3) is 10.7 Å². The maximum atomic E-state index is 12.3. The van der Waals surface area contributed by atoms with Crippen LogP contribution >= 0.6 is 11.3 Å². The molecule has 0 amide bonds. The second kappa shape index (κ2) is 4.44. The fraction of sp³-hybridized carbons (Fsp3) is 0.273. The van der Waals surface area contributed by atoms with Gasteiger partial charge in [-0.1, -0.05) is 6.92 Å². The minimum Gasteiger partial charge on any atom is -0.253 e. The molecule has 2 nitrogen and oxygen atoms in total. The van der Waals surface area contributed by atoms with Crippen molar-refractivity contribution in [3.8, 4) is 10.7 Å². The van der Waals surface area contributed by atoms with Gasteiger partial charge < -0.3 is 0 Å². The van der Waals surface area contributed by atoms with Crippen molar-refractivity contribution in [3.05, 3.63) is 35.0 Å². The van der Waals surface area contributed by atoms with Crippen molar-refractivity contribution in [2.75, 3.05) is 0 Å². The third kappa shape index (κ3) is 2.63. The number of thiazole rings is 1. The van der Waals surface area contributed by atoms with Crippen molar-refractivity contribution in [2.24, 2.45) is 0 Å². The maximum Gasteiger partial charge on any atom is 0.417 e. The van der Waals surface area contributed by atoms with Crippen molar-refractivity contribution in [1.29, 1.82) is 0 Å². The molecule has 0 aliphatic heterocycles. The second-order valence-corrected chi connectivity index (χ2v) is 4.53. The molecule has 0 aromatic carbocycles. The van der Waals surface area contributed by atoms with E-state index in [0.29, 0.717) is 10.7 Å². The highest BCUT2D eigenvalue weighted by Crippen LogP contribution is 2.30. The van der Waals surface area contributed by atoms with Crippen LogP contribution in [0.15, 0.2) is 24.5 Å². The smallest absolute Gasteiger partial charge is 0.253 e. The summed E-state index contributed by atoms with van der Waals surface area (Å²) in [6.07, 6.45) is -0.928. The largest absolute Gasteiger partial charge is 0.417 e. The molecule has 0 radical (unpaired) electrons. The Hall–Kier alpha value is -1.43. The van der Waals surface area contributed by atoms with E-state index < -0.39 is 11.7 Å². The van der Waals surface area contributed by atoms with Gasteiger partial charge in [0.05, 0.1) is 11.3 Å². The van der Waals surface area contributed by atoms with E-state index in [-0.39, 0.29) is 0 Å². The zero-order valence-corrected chi connectivity index (χ0v) is 9.77. The number of aromatic nitrogens is 2. The SMILES string of the molecule is CCc1cnc(-c2ccc(C(F)(F)F)cn2)s1. The number of hydrogen-bond acceptors (Lipinski definition) is 3. The molecule has 2 rings (SSSR count). The lowest BCUT2D eigenvalue weighted by Gasteiger charge is -2.05. The molecule has 0 N–H and O–H groups in total. The fourth-order valence-electron chi connectivity index (χ4n) is 1.28. The van der Waals surface area contributed by atoms with Crippen LogP contribution in [0.3, 0.4) is 0 Å². The Bertz CT molecular complexity index is 502. The third-order valence-electron chi connectivity index (χ3n) is 2.21. The Morgan fingerprint density at radius 3 is 2.41 bits per heavy atom. The van der Waals surface area contributed by atoms with Gasteiger partial charge >= 0.3 is 6.18 Å². The van der Waals surface area contributed by atoms with Gasteiger partial charge in [-0.05, 0) is 18.6 Å². The molecule has 90 valence electrons. The number of rotatable bonds is 2. The fourth-order valence-corrected chi connectivity index (χ4v) is 2.11. The van der Waals surface area contributed by atoms with Crippen molar-refractivity contribution in [2.45, 2.75) is 19.5 Å². The predicted molar refractivity (Wildman–Crippen MR) is 59.7 cm³/mol. The summed E-state index contributed by atoms with van der Waals surface area (Å²) in [7, 11) is 0. The molecule has 0 bridgehead atoms. The molecule has 0 unspecified atom stereocenters. The average Bonchev–Trinajstić information content (AvgIpc) is 2.76. The minimum absolute atomic E-state index is 0.475. The maximum absolute atomic E-state index is 12.3. The number of hydrogen-bond donors (Lipinski definition) is 0. The van der Waals surface area contributed by atoms with E-state index in [1.165, 1.54) is 17.4 Å². The number of aryl methyl sites for hydroxylation is 1. The molecule has 0 spiro atoms. The molecule has 2 heterocycles. The van der Waals surface area contributed by atoms with Crippen molar-refractivity contribution in [3.63, 3.8) is 0 Å². The highest BCUT2D eigenvalue weighted by atomic mass is 32.1. The van der Waals surface area contributed by atoms with Crippen LogP contribution in [-0.2, 0) is 12.6 Å². The van der Waals surface area contributed by atoms with Crippen molar-refractivity contribution < 1.29 is 13.2 Å². The molecule has 0 saturated carbocycles. The first-order chi connectivity index (χ1) is 8.00. The normalized spacial score (nSPS) is 11.8. The van der Waals surface area contributed by atoms with Crippen LogP contribution in [0.5, 0.6) is 0 Å². The Kier molecular flexibility index (Phi) is 3.15. The summed E-state index contributed by atoms with van der Waals surface area (Å²) in [5.74, 6) is 0. The number of nitrogens with zero attached hydrogens (tertiary/aromatic N) is 2. The Morgan fingerprint density at radius 1 is 1.18 bits per heavy atom. The van der Waals surface area contributed by atoms with Gasteiger partial charge in [0, 0.05) is 17.3 Å². The van der Waals surface area contributed by atoms with E-state index in [0.717, 1.165) is 23.6 Å². The van der Waals surface area contributed by atoms with E-state index >= 15 is 0 Å². The molecule has 2 aromatic rings. The van der Waals surface area contributed by atoms with Crippen LogP contribution in [0.2, 0.25) is 0 Å². The lowest BCUT2D eigenvalue weighted by molar-refractivity contribution is -0.137. The topological polar surface area (TPSA) is 25.8 Å². The Morgan fingerprint density at radius 2 is 1.94 bits per heavy atom. The lowest BCUT2D eigenvalue weighted by Crippen LogP contribution is -2.05. The molecular weight excluding hydrogens is 249 g/mol. The summed E-state index contributed by atoms with van der Waals surface area (Å²) in [4.78, 5) is 9.00. The molecule has 0 fully saturated rings. The van der Waals surface area contributed by atoms with Gasteiger partial charge in [0.15, 0.2) is 0 Å². The molecule has 2 aromatic heterocycles. The van der Waals surface area contributed by atoms with Gasteiger partial charge in [0.25, 0.3) is 0 Å². The number of halogens is 3. The molecule has 0 saturated heterocycles. The third-order valence-corrected chi connectivity index (χ3v) is 3.38. The van der Waals surface area contributed by atoms with Crippen LogP contribution < -0.4 is 0 Å².